The molecule has 0 aromatic carbocycles. The summed E-state index contributed by atoms with van der Waals surface area (Å²) in [5, 5.41) is 44.8. The van der Waals surface area contributed by atoms with Crippen LogP contribution in [0.5, 0.6) is 0 Å². The molecule has 8 saturated carbocycles. The molecule has 8 aliphatic carbocycles. The van der Waals surface area contributed by atoms with E-state index < -0.39 is 122 Å². The van der Waals surface area contributed by atoms with Crippen LogP contribution in [0, 0.1) is 35.5 Å². The van der Waals surface area contributed by atoms with Crippen LogP contribution in [-0.4, -0.2) is 141 Å². The van der Waals surface area contributed by atoms with Crippen molar-refractivity contribution < 1.29 is 96.7 Å². The van der Waals surface area contributed by atoms with Gasteiger partial charge in [-0.3, -0.25) is 38.4 Å². The summed E-state index contributed by atoms with van der Waals surface area (Å²) >= 11 is 0. The summed E-state index contributed by atoms with van der Waals surface area (Å²) in [6.07, 6.45) is 4.90. The highest BCUT2D eigenvalue weighted by atomic mass is 16.6. The molecule has 8 rings (SSSR count). The molecule has 8 aliphatic rings. The van der Waals surface area contributed by atoms with Gasteiger partial charge < -0.3 is 58.3 Å². The minimum absolute atomic E-state index is 0.0808. The van der Waals surface area contributed by atoms with Gasteiger partial charge in [0.1, 0.15) is 48.8 Å². The van der Waals surface area contributed by atoms with Gasteiger partial charge in [-0.1, -0.05) is 77.0 Å². The first-order chi connectivity index (χ1) is 38.6. The Hall–Kier alpha value is -4.40. The number of rotatable bonds is 19. The maximum atomic E-state index is 14.8. The number of ether oxygens (including phenoxy) is 8. The van der Waals surface area contributed by atoms with Crippen molar-refractivity contribution in [1.29, 1.82) is 0 Å². The van der Waals surface area contributed by atoms with Crippen molar-refractivity contribution in [2.45, 2.75) is 292 Å². The predicted molar refractivity (Wildman–Crippen MR) is 281 cm³/mol. The summed E-state index contributed by atoms with van der Waals surface area (Å²) in [5.74, 6) is -10.1. The van der Waals surface area contributed by atoms with Gasteiger partial charge in [-0.25, -0.2) is 0 Å². The molecule has 20 nitrogen and oxygen atoms in total. The number of hydrogen-bond acceptors (Lipinski definition) is 20. The lowest BCUT2D eigenvalue weighted by atomic mass is 9.85. The zero-order valence-electron chi connectivity index (χ0n) is 46.8. The van der Waals surface area contributed by atoms with E-state index >= 15 is 0 Å². The van der Waals surface area contributed by atoms with Gasteiger partial charge in [0, 0.05) is 25.7 Å². The fourth-order valence-corrected chi connectivity index (χ4v) is 13.7. The van der Waals surface area contributed by atoms with Crippen molar-refractivity contribution in [1.82, 2.24) is 0 Å². The summed E-state index contributed by atoms with van der Waals surface area (Å²) in [5.41, 5.74) is 0. The van der Waals surface area contributed by atoms with E-state index in [1.807, 2.05) is 0 Å². The van der Waals surface area contributed by atoms with Crippen LogP contribution in [0.1, 0.15) is 218 Å². The van der Waals surface area contributed by atoms with E-state index in [0.29, 0.717) is 25.7 Å². The van der Waals surface area contributed by atoms with Crippen LogP contribution in [0.2, 0.25) is 0 Å². The van der Waals surface area contributed by atoms with Crippen LogP contribution in [0.3, 0.4) is 0 Å². The molecule has 4 N–H and O–H groups in total. The summed E-state index contributed by atoms with van der Waals surface area (Å²) in [6, 6.07) is 0. The highest BCUT2D eigenvalue weighted by molar-refractivity contribution is 5.89. The summed E-state index contributed by atoms with van der Waals surface area (Å²) in [7, 11) is 0. The second kappa shape index (κ2) is 30.2. The molecule has 0 amide bonds. The zero-order chi connectivity index (χ0) is 56.7. The van der Waals surface area contributed by atoms with Crippen molar-refractivity contribution in [2.24, 2.45) is 35.5 Å². The first kappa shape index (κ1) is 61.7. The van der Waals surface area contributed by atoms with E-state index in [1.165, 1.54) is 0 Å². The van der Waals surface area contributed by atoms with Crippen molar-refractivity contribution >= 4 is 47.8 Å². The van der Waals surface area contributed by atoms with Gasteiger partial charge in [0.2, 0.25) is 0 Å². The Balaban J connectivity index is 0.963. The molecular weight excluding hydrogens is 1040 g/mol. The second-order valence-corrected chi connectivity index (χ2v) is 24.7. The lowest BCUT2D eigenvalue weighted by Gasteiger charge is -2.36. The van der Waals surface area contributed by atoms with Crippen LogP contribution < -0.4 is 0 Å². The Labute approximate surface area is 470 Å². The Morgan fingerprint density at radius 3 is 0.738 bits per heavy atom. The van der Waals surface area contributed by atoms with E-state index in [4.69, 9.17) is 37.9 Å². The van der Waals surface area contributed by atoms with E-state index in [9.17, 15) is 58.8 Å². The highest BCUT2D eigenvalue weighted by Gasteiger charge is 2.46. The van der Waals surface area contributed by atoms with Gasteiger partial charge in [-0.15, -0.1) is 0 Å². The molecule has 0 radical (unpaired) electrons. The molecule has 0 bridgehead atoms. The number of esters is 8. The number of aliphatic hydroxyl groups excluding tert-OH is 4. The molecule has 8 fully saturated rings. The molecule has 0 saturated heterocycles. The van der Waals surface area contributed by atoms with Gasteiger partial charge in [-0.05, 0) is 103 Å². The van der Waals surface area contributed by atoms with Gasteiger partial charge in [0.05, 0.1) is 72.8 Å². The molecular formula is C60H90O20. The zero-order valence-corrected chi connectivity index (χ0v) is 46.8. The Morgan fingerprint density at radius 2 is 0.512 bits per heavy atom. The monoisotopic (exact) mass is 1130 g/mol. The summed E-state index contributed by atoms with van der Waals surface area (Å²) in [6.45, 7) is 0. The molecule has 14 unspecified atom stereocenters. The molecule has 0 aromatic heterocycles. The number of hydrogen-bond donors (Lipinski definition) is 4. The van der Waals surface area contributed by atoms with Crippen molar-refractivity contribution in [2.75, 3.05) is 0 Å². The van der Waals surface area contributed by atoms with Crippen LogP contribution in [0.25, 0.3) is 0 Å². The molecule has 14 atom stereocenters. The molecule has 0 aliphatic heterocycles. The largest absolute Gasteiger partial charge is 0.462 e. The number of aliphatic hydroxyl groups is 4. The predicted octanol–water partition coefficient (Wildman–Crippen LogP) is 6.79. The molecule has 0 spiro atoms. The minimum atomic E-state index is -1.75. The van der Waals surface area contributed by atoms with Crippen LogP contribution in [-0.2, 0) is 76.3 Å². The Morgan fingerprint density at radius 1 is 0.287 bits per heavy atom. The molecule has 80 heavy (non-hydrogen) atoms. The third-order valence-electron chi connectivity index (χ3n) is 18.7. The van der Waals surface area contributed by atoms with Gasteiger partial charge >= 0.3 is 47.8 Å². The SMILES string of the molecule is O=C(CC(C(=O)OC1CCC(OC(=O)C2CCCCC2)C(O)C1)C(CC(=O)OC1CCC(OC(=O)C2CCCCC2)C(O)C1)C(=O)OC1CCC(OC(=O)C2CCCCC2)C(O)C1)OC1CCC(OC(=O)C2CCCCC2)C(O)C1. The van der Waals surface area contributed by atoms with E-state index in [1.54, 1.807) is 0 Å². The third-order valence-corrected chi connectivity index (χ3v) is 18.7. The summed E-state index contributed by atoms with van der Waals surface area (Å²) in [4.78, 5) is 110. The lowest BCUT2D eigenvalue weighted by Crippen LogP contribution is -2.45. The standard InChI is InChI=1S/C60H90O20/c61-45-29-39(21-25-49(45)77-55(67)35-13-5-1-6-14-35)73-53(65)33-43(59(71)75-41-23-27-51(47(63)31-41)79-57(69)37-17-9-3-10-18-37)44(60(72)76-42-24-28-52(48(64)32-42)80-58(70)38-19-11-4-12-20-38)34-54(66)74-40-22-26-50(46(62)30-40)78-56(68)36-15-7-2-8-16-36/h35-52,61-64H,1-34H2. The van der Waals surface area contributed by atoms with Gasteiger partial charge in [0.25, 0.3) is 0 Å². The van der Waals surface area contributed by atoms with Crippen molar-refractivity contribution in [3.8, 4) is 0 Å². The highest BCUT2D eigenvalue weighted by Crippen LogP contribution is 2.37. The fraction of sp³-hybridized carbons (Fsp3) is 0.867. The number of carbonyl (C=O) groups is 8. The van der Waals surface area contributed by atoms with Gasteiger partial charge in [-0.2, -0.15) is 0 Å². The average molecular weight is 1130 g/mol. The molecule has 0 aromatic rings. The molecule has 0 heterocycles. The lowest BCUT2D eigenvalue weighted by molar-refractivity contribution is -0.183. The maximum Gasteiger partial charge on any atom is 0.310 e. The smallest absolute Gasteiger partial charge is 0.310 e. The van der Waals surface area contributed by atoms with Crippen molar-refractivity contribution in [3.05, 3.63) is 0 Å². The van der Waals surface area contributed by atoms with Gasteiger partial charge in [0.15, 0.2) is 0 Å². The van der Waals surface area contributed by atoms with E-state index in [2.05, 4.69) is 0 Å². The van der Waals surface area contributed by atoms with Crippen LogP contribution in [0.4, 0.5) is 0 Å². The maximum absolute atomic E-state index is 14.8. The summed E-state index contributed by atoms with van der Waals surface area (Å²) < 4.78 is 46.8. The fourth-order valence-electron chi connectivity index (χ4n) is 13.7. The average Bonchev–Trinajstić information content (AvgIpc) is 3.47. The number of carbonyl (C=O) groups excluding carboxylic acids is 8. The van der Waals surface area contributed by atoms with E-state index in [-0.39, 0.29) is 125 Å². The molecule has 450 valence electrons. The Kier molecular flexibility index (Phi) is 23.3. The topological polar surface area (TPSA) is 291 Å². The van der Waals surface area contributed by atoms with Crippen LogP contribution in [0.15, 0.2) is 0 Å². The second-order valence-electron chi connectivity index (χ2n) is 24.7. The van der Waals surface area contributed by atoms with Crippen LogP contribution >= 0.6 is 0 Å². The molecule has 20 heteroatoms. The normalized spacial score (nSPS) is 33.1. The first-order valence-electron chi connectivity index (χ1n) is 30.9. The quantitative estimate of drug-likeness (QED) is 0.0764. The third kappa shape index (κ3) is 17.8. The Bertz CT molecular complexity index is 1930. The van der Waals surface area contributed by atoms with E-state index in [0.717, 1.165) is 103 Å². The van der Waals surface area contributed by atoms with Crippen molar-refractivity contribution in [3.63, 3.8) is 0 Å². The first-order valence-corrected chi connectivity index (χ1v) is 30.9. The minimum Gasteiger partial charge on any atom is -0.462 e.